The molecule has 5 heteroatoms. The molecule has 3 aromatic rings. The van der Waals surface area contributed by atoms with Gasteiger partial charge < -0.3 is 10.8 Å². The first-order chi connectivity index (χ1) is 11.0. The number of nitrogens with two attached hydrogens (primary N) is 1. The Bertz CT molecular complexity index is 965. The van der Waals surface area contributed by atoms with Crippen LogP contribution in [0.1, 0.15) is 21.5 Å². The topological polar surface area (TPSA) is 76.2 Å². The summed E-state index contributed by atoms with van der Waals surface area (Å²) in [5.41, 5.74) is 7.44. The first-order valence-corrected chi connectivity index (χ1v) is 7.11. The zero-order chi connectivity index (χ0) is 16.4. The van der Waals surface area contributed by atoms with Crippen molar-refractivity contribution in [3.8, 4) is 11.8 Å². The molecule has 2 aromatic carbocycles. The van der Waals surface area contributed by atoms with Crippen molar-refractivity contribution in [1.82, 2.24) is 4.98 Å². The highest BCUT2D eigenvalue weighted by atomic mass is 35.5. The lowest BCUT2D eigenvalue weighted by Gasteiger charge is -2.04. The van der Waals surface area contributed by atoms with E-state index in [2.05, 4.69) is 16.8 Å². The van der Waals surface area contributed by atoms with E-state index in [-0.39, 0.29) is 5.56 Å². The number of anilines is 1. The van der Waals surface area contributed by atoms with Crippen molar-refractivity contribution in [3.05, 3.63) is 70.4 Å². The van der Waals surface area contributed by atoms with Crippen LogP contribution in [0.5, 0.6) is 0 Å². The molecule has 0 amide bonds. The maximum absolute atomic E-state index is 10.8. The lowest BCUT2D eigenvalue weighted by Crippen LogP contribution is -1.96. The number of rotatable bonds is 1. The molecule has 3 N–H and O–H groups in total. The summed E-state index contributed by atoms with van der Waals surface area (Å²) in [6.45, 7) is 0. The van der Waals surface area contributed by atoms with Crippen molar-refractivity contribution < 1.29 is 9.90 Å². The molecule has 0 fully saturated rings. The first kappa shape index (κ1) is 14.9. The fraction of sp³-hybridized carbons (Fsp3) is 0. The quantitative estimate of drug-likeness (QED) is 0.671. The van der Waals surface area contributed by atoms with Crippen LogP contribution in [-0.2, 0) is 0 Å². The molecule has 112 valence electrons. The third-order valence-corrected chi connectivity index (χ3v) is 3.58. The van der Waals surface area contributed by atoms with Gasteiger partial charge in [-0.25, -0.2) is 9.78 Å². The Morgan fingerprint density at radius 1 is 1.13 bits per heavy atom. The summed E-state index contributed by atoms with van der Waals surface area (Å²) >= 11 is 6.04. The van der Waals surface area contributed by atoms with Crippen LogP contribution < -0.4 is 5.73 Å². The van der Waals surface area contributed by atoms with Crippen LogP contribution >= 0.6 is 11.6 Å². The van der Waals surface area contributed by atoms with Crippen molar-refractivity contribution in [3.63, 3.8) is 0 Å². The van der Waals surface area contributed by atoms with E-state index in [1.165, 1.54) is 12.1 Å². The average Bonchev–Trinajstić information content (AvgIpc) is 2.54. The molecule has 0 spiro atoms. The van der Waals surface area contributed by atoms with Crippen LogP contribution in [0.2, 0.25) is 5.02 Å². The Morgan fingerprint density at radius 3 is 2.57 bits per heavy atom. The summed E-state index contributed by atoms with van der Waals surface area (Å²) < 4.78 is 0. The number of hydrogen-bond acceptors (Lipinski definition) is 3. The lowest BCUT2D eigenvalue weighted by molar-refractivity contribution is 0.0697. The van der Waals surface area contributed by atoms with E-state index in [4.69, 9.17) is 22.4 Å². The number of carboxylic acid groups (broad SMARTS) is 1. The summed E-state index contributed by atoms with van der Waals surface area (Å²) in [6.07, 6.45) is 1.67. The van der Waals surface area contributed by atoms with Crippen LogP contribution in [-0.4, -0.2) is 16.1 Å². The molecule has 0 atom stereocenters. The van der Waals surface area contributed by atoms with E-state index in [9.17, 15) is 4.79 Å². The number of nitrogen functional groups attached to an aromatic ring is 1. The predicted octanol–water partition coefficient (Wildman–Crippen LogP) is 3.57. The number of halogens is 1. The summed E-state index contributed by atoms with van der Waals surface area (Å²) in [4.78, 5) is 15.0. The highest BCUT2D eigenvalue weighted by Gasteiger charge is 2.05. The molecule has 1 aromatic heterocycles. The monoisotopic (exact) mass is 322 g/mol. The van der Waals surface area contributed by atoms with Gasteiger partial charge in [0.1, 0.15) is 5.82 Å². The fourth-order valence-electron chi connectivity index (χ4n) is 2.16. The first-order valence-electron chi connectivity index (χ1n) is 6.74. The molecule has 0 aliphatic rings. The molecular formula is C18H11ClN2O2. The summed E-state index contributed by atoms with van der Waals surface area (Å²) in [5.74, 6) is 5.34. The number of carboxylic acids is 1. The van der Waals surface area contributed by atoms with Crippen molar-refractivity contribution in [2.75, 3.05) is 5.73 Å². The summed E-state index contributed by atoms with van der Waals surface area (Å²) in [7, 11) is 0. The number of carbonyl (C=O) groups is 1. The molecule has 4 nitrogen and oxygen atoms in total. The van der Waals surface area contributed by atoms with Gasteiger partial charge >= 0.3 is 5.97 Å². The smallest absolute Gasteiger partial charge is 0.335 e. The molecule has 3 rings (SSSR count). The van der Waals surface area contributed by atoms with E-state index >= 15 is 0 Å². The number of fused-ring (bicyclic) bond motifs is 1. The Labute approximate surface area is 137 Å². The molecule has 0 unspecified atom stereocenters. The molecule has 23 heavy (non-hydrogen) atoms. The highest BCUT2D eigenvalue weighted by Crippen LogP contribution is 2.24. The minimum absolute atomic E-state index is 0.216. The number of nitrogens with zero attached hydrogens (tertiary/aromatic N) is 1. The van der Waals surface area contributed by atoms with E-state index in [1.807, 2.05) is 6.07 Å². The fourth-order valence-corrected chi connectivity index (χ4v) is 2.33. The van der Waals surface area contributed by atoms with Gasteiger partial charge in [-0.2, -0.15) is 0 Å². The van der Waals surface area contributed by atoms with E-state index < -0.39 is 5.97 Å². The van der Waals surface area contributed by atoms with Gasteiger partial charge in [-0.3, -0.25) is 0 Å². The molecule has 0 aliphatic carbocycles. The lowest BCUT2D eigenvalue weighted by atomic mass is 10.1. The summed E-state index contributed by atoms with van der Waals surface area (Å²) in [5, 5.41) is 11.2. The summed E-state index contributed by atoms with van der Waals surface area (Å²) in [6, 6.07) is 11.8. The van der Waals surface area contributed by atoms with Gasteiger partial charge in [0.05, 0.1) is 11.1 Å². The SMILES string of the molecule is Nc1ncc2ccc(Cl)cc2c1C#Cc1ccc(C(=O)O)cc1. The largest absolute Gasteiger partial charge is 0.478 e. The van der Waals surface area contributed by atoms with Gasteiger partial charge in [0, 0.05) is 27.6 Å². The van der Waals surface area contributed by atoms with Crippen molar-refractivity contribution in [2.24, 2.45) is 0 Å². The van der Waals surface area contributed by atoms with E-state index in [0.29, 0.717) is 22.0 Å². The standard InChI is InChI=1S/C18H11ClN2O2/c19-14-7-6-13-10-21-17(20)15(16(13)9-14)8-3-11-1-4-12(5-2-11)18(22)23/h1-2,4-7,9-10H,(H2,20,21)(H,22,23). The van der Waals surface area contributed by atoms with E-state index in [0.717, 1.165) is 10.8 Å². The van der Waals surface area contributed by atoms with Gasteiger partial charge in [0.25, 0.3) is 0 Å². The Hall–Kier alpha value is -3.03. The molecule has 0 bridgehead atoms. The Morgan fingerprint density at radius 2 is 1.87 bits per heavy atom. The number of aromatic nitrogens is 1. The average molecular weight is 323 g/mol. The van der Waals surface area contributed by atoms with Gasteiger partial charge in [0.2, 0.25) is 0 Å². The number of benzene rings is 2. The third-order valence-electron chi connectivity index (χ3n) is 3.35. The van der Waals surface area contributed by atoms with Gasteiger partial charge in [0.15, 0.2) is 0 Å². The minimum atomic E-state index is -0.971. The molecule has 0 saturated carbocycles. The second kappa shape index (κ2) is 5.99. The maximum Gasteiger partial charge on any atom is 0.335 e. The normalized spacial score (nSPS) is 10.1. The van der Waals surface area contributed by atoms with Crippen LogP contribution in [0, 0.1) is 11.8 Å². The third kappa shape index (κ3) is 3.10. The molecule has 1 heterocycles. The molecule has 0 aliphatic heterocycles. The number of pyridine rings is 1. The maximum atomic E-state index is 10.8. The Kier molecular flexibility index (Phi) is 3.88. The molecule has 0 saturated heterocycles. The van der Waals surface area contributed by atoms with Gasteiger partial charge in [-0.1, -0.05) is 29.5 Å². The van der Waals surface area contributed by atoms with Crippen molar-refractivity contribution in [2.45, 2.75) is 0 Å². The number of aromatic carboxylic acids is 1. The van der Waals surface area contributed by atoms with Crippen molar-refractivity contribution in [1.29, 1.82) is 0 Å². The Balaban J connectivity index is 2.06. The molecular weight excluding hydrogens is 312 g/mol. The molecule has 0 radical (unpaired) electrons. The zero-order valence-corrected chi connectivity index (χ0v) is 12.6. The van der Waals surface area contributed by atoms with Crippen LogP contribution in [0.3, 0.4) is 0 Å². The van der Waals surface area contributed by atoms with Crippen molar-refractivity contribution >= 4 is 34.2 Å². The highest BCUT2D eigenvalue weighted by molar-refractivity contribution is 6.31. The van der Waals surface area contributed by atoms with Crippen LogP contribution in [0.25, 0.3) is 10.8 Å². The second-order valence-corrected chi connectivity index (χ2v) is 5.32. The van der Waals surface area contributed by atoms with E-state index in [1.54, 1.807) is 30.5 Å². The van der Waals surface area contributed by atoms with Crippen LogP contribution in [0.15, 0.2) is 48.7 Å². The minimum Gasteiger partial charge on any atom is -0.478 e. The van der Waals surface area contributed by atoms with Gasteiger partial charge in [-0.15, -0.1) is 0 Å². The zero-order valence-electron chi connectivity index (χ0n) is 11.9. The number of hydrogen-bond donors (Lipinski definition) is 2. The second-order valence-electron chi connectivity index (χ2n) is 4.88. The predicted molar refractivity (Wildman–Crippen MR) is 90.5 cm³/mol. The van der Waals surface area contributed by atoms with Gasteiger partial charge in [-0.05, 0) is 36.4 Å². The van der Waals surface area contributed by atoms with Crippen LogP contribution in [0.4, 0.5) is 5.82 Å².